The first-order valence-corrected chi connectivity index (χ1v) is 8.12. The van der Waals surface area contributed by atoms with Gasteiger partial charge in [-0.05, 0) is 31.2 Å². The van der Waals surface area contributed by atoms with Crippen molar-refractivity contribution in [3.63, 3.8) is 0 Å². The number of halogens is 3. The molecule has 1 saturated heterocycles. The summed E-state index contributed by atoms with van der Waals surface area (Å²) in [7, 11) is 0. The SMILES string of the molecule is O=C(CN1CCC(C(F)(F)F)C2(CCC2)C1)Nc1nncs1. The van der Waals surface area contributed by atoms with Crippen LogP contribution >= 0.6 is 11.3 Å². The molecule has 1 amide bonds. The van der Waals surface area contributed by atoms with E-state index in [0.29, 0.717) is 31.1 Å². The Hall–Kier alpha value is -1.22. The second-order valence-electron chi connectivity index (χ2n) is 6.10. The number of nitrogens with zero attached hydrogens (tertiary/aromatic N) is 3. The molecule has 1 unspecified atom stereocenters. The zero-order chi connectivity index (χ0) is 15.8. The van der Waals surface area contributed by atoms with Crippen LogP contribution in [0.15, 0.2) is 5.51 Å². The van der Waals surface area contributed by atoms with Crippen molar-refractivity contribution in [1.29, 1.82) is 0 Å². The molecule has 2 fully saturated rings. The standard InChI is InChI=1S/C13H17F3N4OS/c14-13(15,16)9-2-5-20(7-12(9)3-1-4-12)6-10(21)18-11-19-17-8-22-11/h8-9H,1-7H2,(H,18,19,21). The fraction of sp³-hybridized carbons (Fsp3) is 0.769. The maximum atomic E-state index is 13.2. The number of rotatable bonds is 3. The second kappa shape index (κ2) is 5.77. The molecule has 0 radical (unpaired) electrons. The molecule has 5 nitrogen and oxygen atoms in total. The van der Waals surface area contributed by atoms with E-state index >= 15 is 0 Å². The Morgan fingerprint density at radius 1 is 1.50 bits per heavy atom. The summed E-state index contributed by atoms with van der Waals surface area (Å²) in [5.41, 5.74) is 0.827. The van der Waals surface area contributed by atoms with Gasteiger partial charge in [-0.15, -0.1) is 10.2 Å². The van der Waals surface area contributed by atoms with Crippen LogP contribution in [0.1, 0.15) is 25.7 Å². The van der Waals surface area contributed by atoms with Crippen LogP contribution in [0.2, 0.25) is 0 Å². The summed E-state index contributed by atoms with van der Waals surface area (Å²) >= 11 is 1.21. The van der Waals surface area contributed by atoms with Crippen molar-refractivity contribution >= 4 is 22.4 Å². The number of nitrogens with one attached hydrogen (secondary N) is 1. The van der Waals surface area contributed by atoms with Crippen LogP contribution < -0.4 is 5.32 Å². The molecule has 0 aromatic carbocycles. The topological polar surface area (TPSA) is 58.1 Å². The predicted molar refractivity (Wildman–Crippen MR) is 75.4 cm³/mol. The number of likely N-dealkylation sites (tertiary alicyclic amines) is 1. The van der Waals surface area contributed by atoms with Crippen molar-refractivity contribution in [2.75, 3.05) is 25.0 Å². The average molecular weight is 334 g/mol. The summed E-state index contributed by atoms with van der Waals surface area (Å²) in [4.78, 5) is 13.8. The van der Waals surface area contributed by atoms with Gasteiger partial charge in [0.1, 0.15) is 5.51 Å². The lowest BCUT2D eigenvalue weighted by molar-refractivity contribution is -0.237. The molecule has 1 atom stereocenters. The van der Waals surface area contributed by atoms with Gasteiger partial charge in [-0.3, -0.25) is 15.0 Å². The highest BCUT2D eigenvalue weighted by molar-refractivity contribution is 7.13. The minimum Gasteiger partial charge on any atom is -0.299 e. The van der Waals surface area contributed by atoms with Crippen LogP contribution in [-0.2, 0) is 4.79 Å². The van der Waals surface area contributed by atoms with Gasteiger partial charge in [0.05, 0.1) is 12.5 Å². The Kier molecular flexibility index (Phi) is 4.11. The number of alkyl halides is 3. The molecular formula is C13H17F3N4OS. The molecule has 1 aliphatic heterocycles. The van der Waals surface area contributed by atoms with Crippen LogP contribution in [-0.4, -0.2) is 46.8 Å². The first kappa shape index (κ1) is 15.7. The van der Waals surface area contributed by atoms with E-state index < -0.39 is 17.5 Å². The molecule has 1 saturated carbocycles. The lowest BCUT2D eigenvalue weighted by Gasteiger charge is -2.54. The van der Waals surface area contributed by atoms with E-state index in [4.69, 9.17) is 0 Å². The molecule has 22 heavy (non-hydrogen) atoms. The monoisotopic (exact) mass is 334 g/mol. The van der Waals surface area contributed by atoms with Crippen LogP contribution in [0.25, 0.3) is 0 Å². The molecule has 2 heterocycles. The Bertz CT molecular complexity index is 530. The fourth-order valence-corrected chi connectivity index (χ4v) is 4.09. The van der Waals surface area contributed by atoms with E-state index in [1.807, 2.05) is 4.90 Å². The third-order valence-corrected chi connectivity index (χ3v) is 5.34. The molecule has 1 aliphatic carbocycles. The van der Waals surface area contributed by atoms with Crippen LogP contribution in [0.5, 0.6) is 0 Å². The van der Waals surface area contributed by atoms with E-state index in [2.05, 4.69) is 15.5 Å². The van der Waals surface area contributed by atoms with Crippen molar-refractivity contribution in [2.24, 2.45) is 11.3 Å². The van der Waals surface area contributed by atoms with E-state index in [1.165, 1.54) is 16.8 Å². The molecule has 2 aliphatic rings. The smallest absolute Gasteiger partial charge is 0.299 e. The van der Waals surface area contributed by atoms with Crippen LogP contribution in [0, 0.1) is 11.3 Å². The Labute approximate surface area is 129 Å². The number of carbonyl (C=O) groups is 1. The molecule has 0 bridgehead atoms. The number of hydrogen-bond donors (Lipinski definition) is 1. The van der Waals surface area contributed by atoms with Crippen LogP contribution in [0.3, 0.4) is 0 Å². The van der Waals surface area contributed by atoms with Crippen molar-refractivity contribution in [3.05, 3.63) is 5.51 Å². The number of amides is 1. The van der Waals surface area contributed by atoms with Crippen molar-refractivity contribution in [1.82, 2.24) is 15.1 Å². The maximum Gasteiger partial charge on any atom is 0.392 e. The van der Waals surface area contributed by atoms with Gasteiger partial charge in [0.25, 0.3) is 0 Å². The molecule has 1 aromatic heterocycles. The number of piperidine rings is 1. The van der Waals surface area contributed by atoms with Gasteiger partial charge in [0.15, 0.2) is 0 Å². The summed E-state index contributed by atoms with van der Waals surface area (Å²) < 4.78 is 39.6. The molecular weight excluding hydrogens is 317 g/mol. The normalized spacial score (nSPS) is 25.0. The predicted octanol–water partition coefficient (Wildman–Crippen LogP) is 2.53. The third-order valence-electron chi connectivity index (χ3n) is 4.73. The number of carbonyl (C=O) groups excluding carboxylic acids is 1. The highest BCUT2D eigenvalue weighted by atomic mass is 32.1. The number of aromatic nitrogens is 2. The first-order chi connectivity index (χ1) is 10.4. The van der Waals surface area contributed by atoms with Gasteiger partial charge < -0.3 is 0 Å². The summed E-state index contributed by atoms with van der Waals surface area (Å²) in [6.07, 6.45) is -2.01. The van der Waals surface area contributed by atoms with Gasteiger partial charge in [0, 0.05) is 6.54 Å². The Morgan fingerprint density at radius 3 is 2.82 bits per heavy atom. The van der Waals surface area contributed by atoms with Gasteiger partial charge >= 0.3 is 6.18 Å². The molecule has 122 valence electrons. The lowest BCUT2D eigenvalue weighted by atomic mass is 9.58. The molecule has 3 rings (SSSR count). The average Bonchev–Trinajstić information content (AvgIpc) is 2.88. The largest absolute Gasteiger partial charge is 0.392 e. The fourth-order valence-electron chi connectivity index (χ4n) is 3.63. The third kappa shape index (κ3) is 3.10. The van der Waals surface area contributed by atoms with E-state index in [0.717, 1.165) is 6.42 Å². The maximum absolute atomic E-state index is 13.2. The summed E-state index contributed by atoms with van der Waals surface area (Å²) in [5.74, 6) is -1.48. The summed E-state index contributed by atoms with van der Waals surface area (Å²) in [6, 6.07) is 0. The highest BCUT2D eigenvalue weighted by Gasteiger charge is 2.57. The van der Waals surface area contributed by atoms with Crippen molar-refractivity contribution in [2.45, 2.75) is 31.9 Å². The van der Waals surface area contributed by atoms with Gasteiger partial charge in [-0.2, -0.15) is 13.2 Å². The highest BCUT2D eigenvalue weighted by Crippen LogP contribution is 2.56. The Balaban J connectivity index is 1.59. The van der Waals surface area contributed by atoms with E-state index in [1.54, 1.807) is 0 Å². The summed E-state index contributed by atoms with van der Waals surface area (Å²) in [6.45, 7) is 0.752. The Morgan fingerprint density at radius 2 is 2.27 bits per heavy atom. The molecule has 1 spiro atoms. The molecule has 1 aromatic rings. The van der Waals surface area contributed by atoms with Crippen molar-refractivity contribution < 1.29 is 18.0 Å². The minimum atomic E-state index is -4.14. The van der Waals surface area contributed by atoms with Gasteiger partial charge in [-0.25, -0.2) is 0 Å². The van der Waals surface area contributed by atoms with Crippen molar-refractivity contribution in [3.8, 4) is 0 Å². The summed E-state index contributed by atoms with van der Waals surface area (Å²) in [5, 5.41) is 10.4. The quantitative estimate of drug-likeness (QED) is 0.923. The van der Waals surface area contributed by atoms with E-state index in [-0.39, 0.29) is 18.9 Å². The first-order valence-electron chi connectivity index (χ1n) is 7.24. The second-order valence-corrected chi connectivity index (χ2v) is 6.93. The molecule has 1 N–H and O–H groups in total. The minimum absolute atomic E-state index is 0.0790. The lowest BCUT2D eigenvalue weighted by Crippen LogP contribution is -2.57. The number of anilines is 1. The van der Waals surface area contributed by atoms with E-state index in [9.17, 15) is 18.0 Å². The zero-order valence-electron chi connectivity index (χ0n) is 11.9. The van der Waals surface area contributed by atoms with Gasteiger partial charge in [0.2, 0.25) is 11.0 Å². The molecule has 9 heteroatoms. The number of hydrogen-bond acceptors (Lipinski definition) is 5. The van der Waals surface area contributed by atoms with Crippen LogP contribution in [0.4, 0.5) is 18.3 Å². The van der Waals surface area contributed by atoms with Gasteiger partial charge in [-0.1, -0.05) is 17.8 Å². The zero-order valence-corrected chi connectivity index (χ0v) is 12.7.